The molecule has 3 N–H and O–H groups in total. The summed E-state index contributed by atoms with van der Waals surface area (Å²) in [5.41, 5.74) is 38.6. The van der Waals surface area contributed by atoms with Gasteiger partial charge in [0.25, 0.3) is 0 Å². The summed E-state index contributed by atoms with van der Waals surface area (Å²) >= 11 is 0. The van der Waals surface area contributed by atoms with Crippen molar-refractivity contribution in [3.05, 3.63) is 265 Å². The maximum atomic E-state index is 15.1. The summed E-state index contributed by atoms with van der Waals surface area (Å²) in [4.78, 5) is 14.7. The first-order chi connectivity index (χ1) is 52.0. The van der Waals surface area contributed by atoms with Crippen LogP contribution < -0.4 is 15.7 Å². The van der Waals surface area contributed by atoms with Gasteiger partial charge in [0.2, 0.25) is 0 Å². The number of hydrogen-bond acceptors (Lipinski definition) is 4. The zero-order valence-corrected chi connectivity index (χ0v) is 57.4. The highest BCUT2D eigenvalue weighted by Crippen LogP contribution is 2.87. The third-order valence-electron chi connectivity index (χ3n) is 32.4. The number of hydrogen-bond donors (Lipinski definition) is 3. The van der Waals surface area contributed by atoms with Gasteiger partial charge < -0.3 is 20.1 Å². The number of aromatic carboxylic acids is 1. The lowest BCUT2D eigenvalue weighted by Crippen LogP contribution is -2.53. The smallest absolute Gasteiger partial charge is 0.336 e. The van der Waals surface area contributed by atoms with E-state index in [9.17, 15) is 15.0 Å². The Balaban J connectivity index is 0.917. The molecule has 16 aromatic carbocycles. The van der Waals surface area contributed by atoms with Crippen molar-refractivity contribution < 1.29 is 24.9 Å². The topological polar surface area (TPSA) is 90.3 Å². The molecule has 0 radical (unpaired) electrons. The van der Waals surface area contributed by atoms with Gasteiger partial charge in [-0.05, 0) is 397 Å². The van der Waals surface area contributed by atoms with Crippen LogP contribution in [-0.2, 0) is 29.6 Å². The van der Waals surface area contributed by atoms with Crippen molar-refractivity contribution in [3.63, 3.8) is 0 Å². The van der Waals surface area contributed by atoms with Gasteiger partial charge in [-0.3, -0.25) is 0 Å². The molecule has 16 aromatic rings. The molecule has 17 aliphatic carbocycles. The maximum absolute atomic E-state index is 15.1. The molecule has 1 aliphatic heterocycles. The summed E-state index contributed by atoms with van der Waals surface area (Å²) in [6.07, 6.45) is 15.6. The number of rotatable bonds is 1. The van der Waals surface area contributed by atoms with Gasteiger partial charge >= 0.3 is 5.97 Å². The van der Waals surface area contributed by atoms with Crippen LogP contribution >= 0.6 is 0 Å². The Morgan fingerprint density at radius 2 is 1.30 bits per heavy atom. The van der Waals surface area contributed by atoms with Crippen LogP contribution in [0.15, 0.2) is 154 Å². The second-order valence-corrected chi connectivity index (χ2v) is 35.6. The second kappa shape index (κ2) is 14.3. The van der Waals surface area contributed by atoms with E-state index in [-0.39, 0.29) is 41.3 Å². The predicted octanol–water partition coefficient (Wildman–Crippen LogP) is 20.6. The summed E-state index contributed by atoms with van der Waals surface area (Å²) in [7, 11) is 0. The molecule has 5 nitrogen and oxygen atoms in total. The fraction of sp³-hybridized carbons (Fsp3) is 0.158. The van der Waals surface area contributed by atoms with Crippen LogP contribution in [0.2, 0.25) is 0 Å². The average molecular weight is 1340 g/mol. The molecular formula is C101H50O5. The van der Waals surface area contributed by atoms with Gasteiger partial charge in [0.05, 0.1) is 5.56 Å². The molecule has 0 aromatic heterocycles. The standard InChI is InChI=1S/C101H50O5/c1-31-16-40-20-45-26-48-32(2)47-25-39-12-10-34-14-15-59-60-33(3)49-24-37-8-4-7-36-18-42-22-44-23-43-21-41-19-38-13-11-35-6-5-9-46-52(99(104)105)27-51-50(17-31)62(40)84-65(45)85-74(48)87-75(47)92-66(39)94(34)100(59)101(106-100)95-58-30-57-79(64(42)83(61(36)37)73(49)80(57)91(60)95)69(44)98(103)68(43)78-55-29-56-72(58)93(96(92)101)90(87)89(85)82(56)86-71(55)54(77(63(41)78)67(38)97(35)102)28-53-70(46)76(51)88(84)81(53)86/h5-7,10-28,33,57,59,88-89,96,102-103H,4,8-9,29-30H2,1-3H3,(H,104,105)/b6-5-. The molecule has 18 aliphatic rings. The van der Waals surface area contributed by atoms with E-state index in [0.29, 0.717) is 29.7 Å². The Kier molecular flexibility index (Phi) is 6.81. The number of phenols is 2. The van der Waals surface area contributed by atoms with Crippen LogP contribution in [0.25, 0.3) is 197 Å². The monoisotopic (exact) mass is 1340 g/mol. The highest BCUT2D eigenvalue weighted by molar-refractivity contribution is 6.41. The van der Waals surface area contributed by atoms with Gasteiger partial charge in [-0.15, -0.1) is 0 Å². The minimum atomic E-state index is -0.928. The molecule has 8 atom stereocenters. The first-order valence-corrected chi connectivity index (χ1v) is 38.9. The number of carboxylic acids is 1. The molecule has 10 bridgehead atoms. The van der Waals surface area contributed by atoms with Crippen molar-refractivity contribution in [2.24, 2.45) is 5.92 Å². The van der Waals surface area contributed by atoms with Gasteiger partial charge in [0.1, 0.15) is 22.7 Å². The SMILES string of the molecule is Cc1cc2c3c4c5c6c7c8c9c%10c%11c%12c(ccc%11cc9c(C)c7cc5cc3c1)C=CC1C3=C5C7=C9CC%11C5=c5c(cc%13c%14c(cc%15cc%16cc%17cc%18cc%19ccc%20c(O)c%19c%19c%21cc%22c(c%23c%21c(c(c%17c(O)c%16c%11c%15c5%14)c%18%19)CC5=C9C(=C8C6C=%235)C%10C75OC%1215)C4c1c-2cc(C(=O)O)c(c1-%22)C/C=C\%20)=CCC%13)C3C. The van der Waals surface area contributed by atoms with Crippen LogP contribution in [0.4, 0.5) is 0 Å². The van der Waals surface area contributed by atoms with Crippen LogP contribution in [-0.4, -0.2) is 26.9 Å². The number of aryl methyl sites for hydroxylation is 3. The van der Waals surface area contributed by atoms with Crippen LogP contribution in [0.1, 0.15) is 149 Å². The van der Waals surface area contributed by atoms with E-state index >= 15 is 5.11 Å². The van der Waals surface area contributed by atoms with Crippen molar-refractivity contribution in [1.29, 1.82) is 0 Å². The lowest BCUT2D eigenvalue weighted by atomic mass is 9.43. The van der Waals surface area contributed by atoms with Crippen LogP contribution in [0.3, 0.4) is 0 Å². The minimum absolute atomic E-state index is 0.0231. The molecule has 1 saturated heterocycles. The number of benzene rings is 16. The quantitative estimate of drug-likeness (QED) is 0.0866. The summed E-state index contributed by atoms with van der Waals surface area (Å²) in [5.74, 6) is -0.961. The van der Waals surface area contributed by atoms with Crippen molar-refractivity contribution in [2.75, 3.05) is 0 Å². The molecule has 2 spiro atoms. The van der Waals surface area contributed by atoms with E-state index in [4.69, 9.17) is 4.74 Å². The summed E-state index contributed by atoms with van der Waals surface area (Å²) in [6, 6.07) is 41.3. The first kappa shape index (κ1) is 50.5. The van der Waals surface area contributed by atoms with Crippen molar-refractivity contribution in [1.82, 2.24) is 0 Å². The third kappa shape index (κ3) is 4.25. The fourth-order valence-electron chi connectivity index (χ4n) is 29.8. The first-order valence-electron chi connectivity index (χ1n) is 38.9. The van der Waals surface area contributed by atoms with E-state index in [1.807, 2.05) is 6.08 Å². The van der Waals surface area contributed by atoms with Gasteiger partial charge in [-0.1, -0.05) is 79.8 Å². The number of phenolic OH excluding ortho intramolecular Hbond substituents is 2. The lowest BCUT2D eigenvalue weighted by Gasteiger charge is -2.57. The molecule has 0 amide bonds. The fourth-order valence-corrected chi connectivity index (χ4v) is 29.8. The minimum Gasteiger partial charge on any atom is -0.507 e. The molecule has 8 unspecified atom stereocenters. The van der Waals surface area contributed by atoms with Crippen molar-refractivity contribution >= 4 is 181 Å². The molecule has 1 heterocycles. The Bertz CT molecular complexity index is 8620. The Morgan fingerprint density at radius 1 is 0.528 bits per heavy atom. The van der Waals surface area contributed by atoms with Crippen LogP contribution in [0.5, 0.6) is 11.5 Å². The van der Waals surface area contributed by atoms with E-state index in [2.05, 4.69) is 148 Å². The highest BCUT2D eigenvalue weighted by atomic mass is 16.6. The van der Waals surface area contributed by atoms with E-state index in [1.54, 1.807) is 0 Å². The molecule has 484 valence electrons. The highest BCUT2D eigenvalue weighted by Gasteiger charge is 2.87. The summed E-state index contributed by atoms with van der Waals surface area (Å²) in [6.45, 7) is 7.28. The van der Waals surface area contributed by atoms with E-state index in [1.165, 1.54) is 225 Å². The molecule has 0 saturated carbocycles. The average Bonchev–Trinajstić information content (AvgIpc) is 1.40. The normalized spacial score (nSPS) is 26.0. The molecular weight excluding hydrogens is 1290 g/mol. The van der Waals surface area contributed by atoms with Gasteiger partial charge in [0, 0.05) is 68.2 Å². The molecule has 34 rings (SSSR count). The predicted molar refractivity (Wildman–Crippen MR) is 423 cm³/mol. The second-order valence-electron chi connectivity index (χ2n) is 35.6. The molecule has 1 fully saturated rings. The number of ether oxygens (including phenoxy) is 1. The van der Waals surface area contributed by atoms with Gasteiger partial charge in [0.15, 0.2) is 0 Å². The van der Waals surface area contributed by atoms with Crippen LogP contribution in [0, 0.1) is 19.8 Å². The van der Waals surface area contributed by atoms with Crippen molar-refractivity contribution in [3.8, 4) is 33.8 Å². The Labute approximate surface area is 599 Å². The van der Waals surface area contributed by atoms with Gasteiger partial charge in [-0.2, -0.15) is 0 Å². The van der Waals surface area contributed by atoms with E-state index < -0.39 is 17.2 Å². The summed E-state index contributed by atoms with van der Waals surface area (Å²) < 4.78 is 8.82. The van der Waals surface area contributed by atoms with Gasteiger partial charge in [-0.25, -0.2) is 4.79 Å². The Hall–Kier alpha value is -11.9. The number of fused-ring (bicyclic) bond motifs is 3. The molecule has 5 heteroatoms. The Morgan fingerprint density at radius 3 is 2.18 bits per heavy atom. The number of allylic oxidation sites excluding steroid dienone is 5. The molecule has 106 heavy (non-hydrogen) atoms. The summed E-state index contributed by atoms with van der Waals surface area (Å²) in [5, 5.41) is 76.0. The van der Waals surface area contributed by atoms with Crippen molar-refractivity contribution in [2.45, 2.75) is 93.7 Å². The number of carboxylic acid groups (broad SMARTS) is 1. The zero-order chi connectivity index (χ0) is 67.6. The maximum Gasteiger partial charge on any atom is 0.336 e. The number of epoxide rings is 1. The third-order valence-corrected chi connectivity index (χ3v) is 32.4. The number of carbonyl (C=O) groups is 1. The lowest BCUT2D eigenvalue weighted by molar-refractivity contribution is 0.0696. The largest absolute Gasteiger partial charge is 0.507 e. The number of aromatic hydroxyl groups is 2. The van der Waals surface area contributed by atoms with E-state index in [0.717, 1.165) is 112 Å². The zero-order valence-electron chi connectivity index (χ0n) is 57.4.